The van der Waals surface area contributed by atoms with E-state index in [1.165, 1.54) is 116 Å². The minimum absolute atomic E-state index is 0.0186. The lowest BCUT2D eigenvalue weighted by Gasteiger charge is -2.29. The molecule has 484 valence electrons. The number of quaternary nitrogens is 1. The number of aliphatic hydroxyl groups is 1. The Labute approximate surface area is 524 Å². The molecule has 0 aliphatic carbocycles. The summed E-state index contributed by atoms with van der Waals surface area (Å²) in [6.45, 7) is 4.50. The number of phosphoric acid groups is 1. The monoisotopic (exact) mass is 1200 g/mol. The Hall–Kier alpha value is -3.88. The van der Waals surface area contributed by atoms with Gasteiger partial charge in [-0.25, -0.2) is 0 Å². The number of amides is 1. The second-order valence-electron chi connectivity index (χ2n) is 23.8. The fourth-order valence-electron chi connectivity index (χ4n) is 9.17. The molecule has 0 aliphatic rings. The molecule has 0 fully saturated rings. The van der Waals surface area contributed by atoms with Crippen LogP contribution in [0.5, 0.6) is 0 Å². The Bertz CT molecular complexity index is 1940. The Kier molecular flexibility index (Phi) is 61.6. The molecule has 3 unspecified atom stereocenters. The lowest BCUT2D eigenvalue weighted by Crippen LogP contribution is -2.45. The zero-order chi connectivity index (χ0) is 61.9. The van der Waals surface area contributed by atoms with Crippen LogP contribution in [-0.4, -0.2) is 68.5 Å². The third-order valence-corrected chi connectivity index (χ3v) is 15.4. The average Bonchev–Trinajstić information content (AvgIpc) is 3.49. The Balaban J connectivity index is 4.24. The standard InChI is InChI=1S/C76H129N2O6P/c1-6-8-10-12-14-16-18-20-22-24-26-28-30-32-33-34-35-36-37-38-39-40-41-42-43-44-45-46-48-50-52-54-56-58-60-62-64-66-68-70-76(80)77-74(73-84-85(81,82)83-72-71-78(3,4)5)75(79)69-67-65-63-61-59-57-55-53-51-49-47-31-29-27-25-23-21-19-17-15-13-11-9-7-2/h8,10,14,16,20,22,26,28,32-33,35-36,38-39,41-42,44-45,48,50,54,56,59,61,67,69,74-75,79H,6-7,9,11-13,15,17-19,21,23-25,27,29-31,34,37,40,43,46-47,49,51-53,55,57-58,60,62-66,68,70-73H2,1-5H3,(H-,77,80,81,82)/b10-8-,16-14-,22-20-,28-26-,33-32-,36-35-,39-38-,42-41-,45-44-,50-48-,56-54-,61-59+,69-67+. The van der Waals surface area contributed by atoms with Crippen LogP contribution in [-0.2, 0) is 18.4 Å². The van der Waals surface area contributed by atoms with E-state index in [9.17, 15) is 19.4 Å². The number of rotatable bonds is 61. The number of nitrogens with zero attached hydrogens (tertiary/aromatic N) is 1. The molecular formula is C76H129N2O6P. The Morgan fingerprint density at radius 1 is 0.424 bits per heavy atom. The average molecular weight is 1200 g/mol. The normalized spacial score (nSPS) is 14.7. The smallest absolute Gasteiger partial charge is 0.268 e. The molecule has 0 aliphatic heterocycles. The van der Waals surface area contributed by atoms with Gasteiger partial charge in [-0.3, -0.25) is 9.36 Å². The number of aliphatic hydroxyl groups excluding tert-OH is 1. The number of unbranched alkanes of at least 4 members (excludes halogenated alkanes) is 24. The molecule has 0 aromatic heterocycles. The van der Waals surface area contributed by atoms with Crippen LogP contribution >= 0.6 is 7.82 Å². The Morgan fingerprint density at radius 3 is 1.09 bits per heavy atom. The number of likely N-dealkylation sites (N-methyl/N-ethyl adjacent to an activating group) is 1. The molecule has 0 bridgehead atoms. The number of carbonyl (C=O) groups is 1. The van der Waals surface area contributed by atoms with Gasteiger partial charge in [-0.15, -0.1) is 0 Å². The van der Waals surface area contributed by atoms with E-state index in [0.717, 1.165) is 128 Å². The van der Waals surface area contributed by atoms with Crippen LogP contribution in [0, 0.1) is 0 Å². The predicted molar refractivity (Wildman–Crippen MR) is 371 cm³/mol. The summed E-state index contributed by atoms with van der Waals surface area (Å²) in [6, 6.07) is -0.927. The zero-order valence-electron chi connectivity index (χ0n) is 55.2. The molecule has 9 heteroatoms. The van der Waals surface area contributed by atoms with Gasteiger partial charge in [0.1, 0.15) is 13.2 Å². The van der Waals surface area contributed by atoms with Crippen molar-refractivity contribution in [2.75, 3.05) is 40.9 Å². The van der Waals surface area contributed by atoms with Gasteiger partial charge in [0, 0.05) is 6.42 Å². The number of allylic oxidation sites excluding steroid dienone is 25. The molecule has 0 saturated carbocycles. The van der Waals surface area contributed by atoms with E-state index in [2.05, 4.69) is 165 Å². The highest BCUT2D eigenvalue weighted by Crippen LogP contribution is 2.38. The van der Waals surface area contributed by atoms with E-state index in [1.807, 2.05) is 27.2 Å². The first-order chi connectivity index (χ1) is 41.5. The van der Waals surface area contributed by atoms with Gasteiger partial charge in [0.15, 0.2) is 0 Å². The van der Waals surface area contributed by atoms with Crippen molar-refractivity contribution in [1.82, 2.24) is 5.32 Å². The molecule has 0 saturated heterocycles. The summed E-state index contributed by atoms with van der Waals surface area (Å²) < 4.78 is 23.4. The largest absolute Gasteiger partial charge is 0.756 e. The van der Waals surface area contributed by atoms with Crippen molar-refractivity contribution in [3.63, 3.8) is 0 Å². The quantitative estimate of drug-likeness (QED) is 0.0272. The zero-order valence-corrected chi connectivity index (χ0v) is 56.1. The first kappa shape index (κ1) is 81.1. The van der Waals surface area contributed by atoms with E-state index in [0.29, 0.717) is 17.4 Å². The number of hydrogen-bond acceptors (Lipinski definition) is 6. The van der Waals surface area contributed by atoms with Crippen LogP contribution in [0.2, 0.25) is 0 Å². The molecule has 0 spiro atoms. The van der Waals surface area contributed by atoms with Gasteiger partial charge in [-0.2, -0.15) is 0 Å². The van der Waals surface area contributed by atoms with Crippen molar-refractivity contribution in [2.24, 2.45) is 0 Å². The number of carbonyl (C=O) groups excluding carboxylic acids is 1. The van der Waals surface area contributed by atoms with Gasteiger partial charge in [-0.1, -0.05) is 300 Å². The molecule has 1 amide bonds. The number of nitrogens with one attached hydrogen (secondary N) is 1. The van der Waals surface area contributed by atoms with Crippen molar-refractivity contribution in [2.45, 2.75) is 276 Å². The molecule has 0 aromatic carbocycles. The summed E-state index contributed by atoms with van der Waals surface area (Å²) in [5.74, 6) is -0.231. The highest BCUT2D eigenvalue weighted by atomic mass is 31.2. The highest BCUT2D eigenvalue weighted by molar-refractivity contribution is 7.45. The molecule has 0 aromatic rings. The van der Waals surface area contributed by atoms with Gasteiger partial charge in [0.05, 0.1) is 39.9 Å². The van der Waals surface area contributed by atoms with Crippen molar-refractivity contribution in [3.05, 3.63) is 158 Å². The first-order valence-electron chi connectivity index (χ1n) is 34.3. The summed E-state index contributed by atoms with van der Waals surface area (Å²) in [6.07, 6.45) is 101. The van der Waals surface area contributed by atoms with E-state index in [1.54, 1.807) is 6.08 Å². The third-order valence-electron chi connectivity index (χ3n) is 14.5. The molecule has 0 heterocycles. The van der Waals surface area contributed by atoms with Crippen LogP contribution in [0.3, 0.4) is 0 Å². The van der Waals surface area contributed by atoms with Crippen molar-refractivity contribution < 1.29 is 32.9 Å². The van der Waals surface area contributed by atoms with Crippen molar-refractivity contribution >= 4 is 13.7 Å². The van der Waals surface area contributed by atoms with Gasteiger partial charge in [0.2, 0.25) is 5.91 Å². The van der Waals surface area contributed by atoms with E-state index in [4.69, 9.17) is 9.05 Å². The highest BCUT2D eigenvalue weighted by Gasteiger charge is 2.23. The summed E-state index contributed by atoms with van der Waals surface area (Å²) in [5.41, 5.74) is 0. The van der Waals surface area contributed by atoms with E-state index < -0.39 is 26.6 Å². The number of hydrogen-bond donors (Lipinski definition) is 2. The van der Waals surface area contributed by atoms with Gasteiger partial charge < -0.3 is 28.8 Å². The van der Waals surface area contributed by atoms with Crippen LogP contribution in [0.4, 0.5) is 0 Å². The van der Waals surface area contributed by atoms with Crippen LogP contribution in [0.1, 0.15) is 264 Å². The molecule has 8 nitrogen and oxygen atoms in total. The topological polar surface area (TPSA) is 108 Å². The maximum absolute atomic E-state index is 13.0. The second kappa shape index (κ2) is 64.6. The fourth-order valence-corrected chi connectivity index (χ4v) is 9.90. The minimum Gasteiger partial charge on any atom is -0.756 e. The van der Waals surface area contributed by atoms with E-state index in [-0.39, 0.29) is 12.5 Å². The Morgan fingerprint density at radius 2 is 0.729 bits per heavy atom. The van der Waals surface area contributed by atoms with Crippen LogP contribution < -0.4 is 10.2 Å². The lowest BCUT2D eigenvalue weighted by molar-refractivity contribution is -0.870. The third kappa shape index (κ3) is 67.5. The van der Waals surface area contributed by atoms with Crippen molar-refractivity contribution in [3.8, 4) is 0 Å². The second-order valence-corrected chi connectivity index (χ2v) is 25.2. The molecule has 3 atom stereocenters. The summed E-state index contributed by atoms with van der Waals surface area (Å²) in [7, 11) is 1.21. The first-order valence-corrected chi connectivity index (χ1v) is 35.8. The summed E-state index contributed by atoms with van der Waals surface area (Å²) in [4.78, 5) is 25.6. The molecule has 0 radical (unpaired) electrons. The van der Waals surface area contributed by atoms with Gasteiger partial charge >= 0.3 is 0 Å². The van der Waals surface area contributed by atoms with Crippen molar-refractivity contribution in [1.29, 1.82) is 0 Å². The lowest BCUT2D eigenvalue weighted by atomic mass is 10.0. The molecular weight excluding hydrogens is 1070 g/mol. The van der Waals surface area contributed by atoms with Gasteiger partial charge in [-0.05, 0) is 116 Å². The molecule has 0 rings (SSSR count). The van der Waals surface area contributed by atoms with E-state index >= 15 is 0 Å². The molecule has 2 N–H and O–H groups in total. The van der Waals surface area contributed by atoms with Crippen LogP contribution in [0.25, 0.3) is 0 Å². The summed E-state index contributed by atoms with van der Waals surface area (Å²) in [5, 5.41) is 13.9. The molecule has 85 heavy (non-hydrogen) atoms. The maximum Gasteiger partial charge on any atom is 0.268 e. The fraction of sp³-hybridized carbons (Fsp3) is 0.645. The maximum atomic E-state index is 13.0. The summed E-state index contributed by atoms with van der Waals surface area (Å²) >= 11 is 0. The minimum atomic E-state index is -4.63. The predicted octanol–water partition coefficient (Wildman–Crippen LogP) is 21.5. The van der Waals surface area contributed by atoms with Crippen LogP contribution in [0.15, 0.2) is 158 Å². The van der Waals surface area contributed by atoms with Gasteiger partial charge in [0.25, 0.3) is 7.82 Å². The SMILES string of the molecule is CC/C=C\C/C=C\C/C=C\C/C=C\C/C=C\C/C=C\C/C=C\C/C=C\C/C=C\C/C=C\C/C=C\CCCCCCCC(=O)NC(COP(=O)([O-])OCC[N+](C)(C)C)C(O)/C=C/CC/C=C/CCCCCCCCCCCCCCCCCCCC. The number of phosphoric ester groups is 1.